The number of thiazole rings is 1. The van der Waals surface area contributed by atoms with E-state index in [0.717, 1.165) is 15.2 Å². The van der Waals surface area contributed by atoms with Crippen LogP contribution in [-0.4, -0.2) is 4.98 Å². The number of halogens is 3. The zero-order valence-corrected chi connectivity index (χ0v) is 10.7. The van der Waals surface area contributed by atoms with Gasteiger partial charge in [-0.2, -0.15) is 0 Å². The maximum absolute atomic E-state index is 5.89. The fraction of sp³-hybridized carbons (Fsp3) is 0. The van der Waals surface area contributed by atoms with Crippen LogP contribution >= 0.6 is 50.5 Å². The third-order valence-electron chi connectivity index (χ3n) is 1.59. The van der Waals surface area contributed by atoms with Gasteiger partial charge in [-0.1, -0.05) is 23.2 Å². The topological polar surface area (TPSA) is 12.9 Å². The van der Waals surface area contributed by atoms with Gasteiger partial charge in [-0.05, 0) is 34.1 Å². The molecule has 2 rings (SSSR count). The van der Waals surface area contributed by atoms with Crippen LogP contribution in [0.5, 0.6) is 0 Å². The highest BCUT2D eigenvalue weighted by atomic mass is 79.9. The minimum atomic E-state index is 0.624. The summed E-state index contributed by atoms with van der Waals surface area (Å²) in [6.45, 7) is 0. The summed E-state index contributed by atoms with van der Waals surface area (Å²) in [6.07, 6.45) is 0. The first-order chi connectivity index (χ1) is 6.65. The largest absolute Gasteiger partial charge is 0.229 e. The van der Waals surface area contributed by atoms with Gasteiger partial charge < -0.3 is 0 Å². The van der Waals surface area contributed by atoms with Crippen molar-refractivity contribution in [2.75, 3.05) is 0 Å². The SMILES string of the molecule is Clc1cc(Cl)cc(-c2nc(Br)cs2)c1. The van der Waals surface area contributed by atoms with Gasteiger partial charge in [0, 0.05) is 21.0 Å². The van der Waals surface area contributed by atoms with Crippen molar-refractivity contribution in [1.82, 2.24) is 4.98 Å². The minimum Gasteiger partial charge on any atom is -0.229 e. The molecule has 0 aliphatic heterocycles. The number of hydrogen-bond donors (Lipinski definition) is 0. The quantitative estimate of drug-likeness (QED) is 0.731. The van der Waals surface area contributed by atoms with Crippen LogP contribution in [0.25, 0.3) is 10.6 Å². The molecule has 0 amide bonds. The summed E-state index contributed by atoms with van der Waals surface area (Å²) in [5.41, 5.74) is 0.943. The lowest BCUT2D eigenvalue weighted by atomic mass is 10.2. The van der Waals surface area contributed by atoms with E-state index in [1.54, 1.807) is 17.4 Å². The van der Waals surface area contributed by atoms with E-state index < -0.39 is 0 Å². The van der Waals surface area contributed by atoms with E-state index in [1.807, 2.05) is 17.5 Å². The van der Waals surface area contributed by atoms with Crippen molar-refractivity contribution in [3.8, 4) is 10.6 Å². The number of hydrogen-bond acceptors (Lipinski definition) is 2. The maximum Gasteiger partial charge on any atom is 0.124 e. The molecule has 5 heteroatoms. The summed E-state index contributed by atoms with van der Waals surface area (Å²) < 4.78 is 0.827. The molecule has 1 heterocycles. The molecule has 0 saturated heterocycles. The van der Waals surface area contributed by atoms with E-state index in [0.29, 0.717) is 10.0 Å². The van der Waals surface area contributed by atoms with Crippen LogP contribution < -0.4 is 0 Å². The molecule has 0 fully saturated rings. The van der Waals surface area contributed by atoms with Gasteiger partial charge in [0.2, 0.25) is 0 Å². The second-order valence-corrected chi connectivity index (χ2v) is 5.18. The van der Waals surface area contributed by atoms with E-state index >= 15 is 0 Å². The highest BCUT2D eigenvalue weighted by Gasteiger charge is 2.05. The van der Waals surface area contributed by atoms with Crippen molar-refractivity contribution in [2.24, 2.45) is 0 Å². The van der Waals surface area contributed by atoms with Crippen LogP contribution in [-0.2, 0) is 0 Å². The Labute approximate surface area is 104 Å². The van der Waals surface area contributed by atoms with E-state index in [9.17, 15) is 0 Å². The summed E-state index contributed by atoms with van der Waals surface area (Å²) in [4.78, 5) is 4.28. The molecule has 0 unspecified atom stereocenters. The smallest absolute Gasteiger partial charge is 0.124 e. The Balaban J connectivity index is 2.51. The zero-order valence-electron chi connectivity index (χ0n) is 6.80. The number of rotatable bonds is 1. The average Bonchev–Trinajstić information content (AvgIpc) is 2.50. The Bertz CT molecular complexity index is 449. The Kier molecular flexibility index (Phi) is 3.12. The van der Waals surface area contributed by atoms with E-state index in [1.165, 1.54) is 0 Å². The number of benzene rings is 1. The Morgan fingerprint density at radius 2 is 1.79 bits per heavy atom. The maximum atomic E-state index is 5.89. The van der Waals surface area contributed by atoms with Gasteiger partial charge >= 0.3 is 0 Å². The average molecular weight is 309 g/mol. The molecule has 0 atom stereocenters. The molecule has 1 nitrogen and oxygen atoms in total. The van der Waals surface area contributed by atoms with Crippen molar-refractivity contribution in [3.05, 3.63) is 38.2 Å². The number of nitrogens with zero attached hydrogens (tertiary/aromatic N) is 1. The first kappa shape index (κ1) is 10.4. The van der Waals surface area contributed by atoms with Crippen LogP contribution in [0.2, 0.25) is 10.0 Å². The summed E-state index contributed by atoms with van der Waals surface area (Å²) in [7, 11) is 0. The Hall–Kier alpha value is -0.0900. The van der Waals surface area contributed by atoms with Crippen LogP contribution in [0.1, 0.15) is 0 Å². The molecule has 0 bridgehead atoms. The zero-order chi connectivity index (χ0) is 10.1. The third kappa shape index (κ3) is 2.28. The molecule has 0 aliphatic rings. The van der Waals surface area contributed by atoms with E-state index in [2.05, 4.69) is 20.9 Å². The van der Waals surface area contributed by atoms with Crippen molar-refractivity contribution in [3.63, 3.8) is 0 Å². The first-order valence-corrected chi connectivity index (χ1v) is 6.15. The molecular formula is C9H4BrCl2NS. The highest BCUT2D eigenvalue weighted by molar-refractivity contribution is 9.10. The van der Waals surface area contributed by atoms with E-state index in [-0.39, 0.29) is 0 Å². The molecule has 1 aromatic carbocycles. The summed E-state index contributed by atoms with van der Waals surface area (Å²) in [5.74, 6) is 0. The molecule has 0 saturated carbocycles. The van der Waals surface area contributed by atoms with Gasteiger partial charge in [-0.15, -0.1) is 11.3 Å². The van der Waals surface area contributed by atoms with Gasteiger partial charge in [0.1, 0.15) is 9.61 Å². The fourth-order valence-corrected chi connectivity index (χ4v) is 2.83. The highest BCUT2D eigenvalue weighted by Crippen LogP contribution is 2.30. The predicted octanol–water partition coefficient (Wildman–Crippen LogP) is 4.88. The normalized spacial score (nSPS) is 10.5. The second kappa shape index (κ2) is 4.19. The lowest BCUT2D eigenvalue weighted by Crippen LogP contribution is -1.76. The van der Waals surface area contributed by atoms with Crippen LogP contribution in [0.3, 0.4) is 0 Å². The molecule has 0 N–H and O–H groups in total. The van der Waals surface area contributed by atoms with Crippen molar-refractivity contribution in [2.45, 2.75) is 0 Å². The summed E-state index contributed by atoms with van der Waals surface area (Å²) in [6, 6.07) is 5.40. The molecule has 0 aliphatic carbocycles. The van der Waals surface area contributed by atoms with Gasteiger partial charge in [-0.3, -0.25) is 0 Å². The summed E-state index contributed by atoms with van der Waals surface area (Å²) in [5, 5.41) is 4.07. The molecule has 1 aromatic heterocycles. The Morgan fingerprint density at radius 1 is 1.14 bits per heavy atom. The van der Waals surface area contributed by atoms with Crippen LogP contribution in [0.4, 0.5) is 0 Å². The fourth-order valence-electron chi connectivity index (χ4n) is 1.06. The lowest BCUT2D eigenvalue weighted by molar-refractivity contribution is 1.36. The first-order valence-electron chi connectivity index (χ1n) is 3.72. The van der Waals surface area contributed by atoms with Crippen molar-refractivity contribution in [1.29, 1.82) is 0 Å². The molecule has 2 aromatic rings. The number of aromatic nitrogens is 1. The molecule has 72 valence electrons. The predicted molar refractivity (Wildman–Crippen MR) is 65.3 cm³/mol. The lowest BCUT2D eigenvalue weighted by Gasteiger charge is -1.98. The van der Waals surface area contributed by atoms with Gasteiger partial charge in [-0.25, -0.2) is 4.98 Å². The molecule has 0 radical (unpaired) electrons. The van der Waals surface area contributed by atoms with Gasteiger partial charge in [0.05, 0.1) is 0 Å². The standard InChI is InChI=1S/C9H4BrCl2NS/c10-8-4-14-9(13-8)5-1-6(11)3-7(12)2-5/h1-4H. The van der Waals surface area contributed by atoms with Crippen molar-refractivity contribution < 1.29 is 0 Å². The van der Waals surface area contributed by atoms with Crippen molar-refractivity contribution >= 4 is 50.5 Å². The molecular weight excluding hydrogens is 305 g/mol. The second-order valence-electron chi connectivity index (χ2n) is 2.63. The van der Waals surface area contributed by atoms with Gasteiger partial charge in [0.15, 0.2) is 0 Å². The molecule has 0 spiro atoms. The Morgan fingerprint density at radius 3 is 2.29 bits per heavy atom. The monoisotopic (exact) mass is 307 g/mol. The van der Waals surface area contributed by atoms with Crippen LogP contribution in [0, 0.1) is 0 Å². The summed E-state index contributed by atoms with van der Waals surface area (Å²) >= 11 is 16.6. The third-order valence-corrected chi connectivity index (χ3v) is 3.62. The molecule has 14 heavy (non-hydrogen) atoms. The van der Waals surface area contributed by atoms with Crippen LogP contribution in [0.15, 0.2) is 28.2 Å². The van der Waals surface area contributed by atoms with E-state index in [4.69, 9.17) is 23.2 Å². The minimum absolute atomic E-state index is 0.624. The van der Waals surface area contributed by atoms with Gasteiger partial charge in [0.25, 0.3) is 0 Å².